The van der Waals surface area contributed by atoms with Crippen LogP contribution in [-0.2, 0) is 30.3 Å². The van der Waals surface area contributed by atoms with Gasteiger partial charge in [0.2, 0.25) is 17.7 Å². The van der Waals surface area contributed by atoms with Gasteiger partial charge in [0.05, 0.1) is 19.2 Å². The Kier molecular flexibility index (Phi) is 9.02. The summed E-state index contributed by atoms with van der Waals surface area (Å²) in [5.74, 6) is -0.888. The highest BCUT2D eigenvalue weighted by Crippen LogP contribution is 2.29. The number of ketones is 1. The molecule has 0 aromatic heterocycles. The minimum Gasteiger partial charge on any atom is -0.361 e. The molecular formula is C26H38N4O5. The van der Waals surface area contributed by atoms with Gasteiger partial charge in [-0.25, -0.2) is 0 Å². The number of likely N-dealkylation sites (N-methyl/N-ethyl adjacent to an activating group) is 1. The molecule has 4 atom stereocenters. The first-order valence-electron chi connectivity index (χ1n) is 12.4. The Morgan fingerprint density at radius 2 is 1.80 bits per heavy atom. The highest BCUT2D eigenvalue weighted by molar-refractivity contribution is 5.98. The Bertz CT molecular complexity index is 916. The quantitative estimate of drug-likeness (QED) is 0.376. The maximum Gasteiger partial charge on any atom is 0.243 e. The lowest BCUT2D eigenvalue weighted by molar-refractivity contribution is -0.139. The second kappa shape index (κ2) is 11.8. The number of epoxide rings is 1. The van der Waals surface area contributed by atoms with Crippen molar-refractivity contribution in [2.75, 3.05) is 26.7 Å². The molecule has 0 spiro atoms. The summed E-state index contributed by atoms with van der Waals surface area (Å²) in [4.78, 5) is 53.7. The number of nitrogens with zero attached hydrogens (tertiary/aromatic N) is 1. The van der Waals surface area contributed by atoms with E-state index in [1.807, 2.05) is 44.2 Å². The molecule has 2 saturated heterocycles. The summed E-state index contributed by atoms with van der Waals surface area (Å²) in [5.41, 5.74) is 0.0231. The van der Waals surface area contributed by atoms with E-state index in [1.54, 1.807) is 18.9 Å². The molecule has 0 radical (unpaired) electrons. The Hall–Kier alpha value is -2.78. The molecule has 0 bridgehead atoms. The van der Waals surface area contributed by atoms with Crippen LogP contribution in [0.25, 0.3) is 0 Å². The first kappa shape index (κ1) is 26.8. The molecule has 0 aliphatic carbocycles. The van der Waals surface area contributed by atoms with Crippen LogP contribution in [0.3, 0.4) is 0 Å². The highest BCUT2D eigenvalue weighted by Gasteiger charge is 2.50. The van der Waals surface area contributed by atoms with Gasteiger partial charge in [-0.15, -0.1) is 0 Å². The van der Waals surface area contributed by atoms with Gasteiger partial charge in [-0.1, -0.05) is 44.2 Å². The van der Waals surface area contributed by atoms with Crippen molar-refractivity contribution in [3.63, 3.8) is 0 Å². The van der Waals surface area contributed by atoms with E-state index in [0.29, 0.717) is 26.0 Å². The van der Waals surface area contributed by atoms with Crippen LogP contribution in [0.15, 0.2) is 30.3 Å². The summed E-state index contributed by atoms with van der Waals surface area (Å²) in [6.07, 6.45) is 2.02. The molecule has 192 valence electrons. The van der Waals surface area contributed by atoms with Crippen LogP contribution in [0, 0.1) is 5.92 Å². The van der Waals surface area contributed by atoms with Crippen LogP contribution in [-0.4, -0.2) is 78.9 Å². The van der Waals surface area contributed by atoms with Crippen molar-refractivity contribution in [2.24, 2.45) is 5.92 Å². The summed E-state index contributed by atoms with van der Waals surface area (Å²) >= 11 is 0. The number of nitrogens with one attached hydrogen (secondary N) is 3. The summed E-state index contributed by atoms with van der Waals surface area (Å²) < 4.78 is 5.33. The molecule has 3 amide bonds. The van der Waals surface area contributed by atoms with E-state index < -0.39 is 29.6 Å². The van der Waals surface area contributed by atoms with E-state index in [2.05, 4.69) is 16.0 Å². The van der Waals surface area contributed by atoms with Gasteiger partial charge >= 0.3 is 0 Å². The lowest BCUT2D eigenvalue weighted by Crippen LogP contribution is -2.57. The first-order valence-corrected chi connectivity index (χ1v) is 12.4. The van der Waals surface area contributed by atoms with Gasteiger partial charge in [0.1, 0.15) is 17.7 Å². The Morgan fingerprint density at radius 3 is 2.40 bits per heavy atom. The van der Waals surface area contributed by atoms with Gasteiger partial charge in [-0.2, -0.15) is 0 Å². The van der Waals surface area contributed by atoms with Crippen molar-refractivity contribution >= 4 is 23.5 Å². The van der Waals surface area contributed by atoms with Crippen LogP contribution < -0.4 is 16.0 Å². The van der Waals surface area contributed by atoms with Crippen molar-refractivity contribution in [1.29, 1.82) is 0 Å². The first-order chi connectivity index (χ1) is 16.6. The molecule has 0 unspecified atom stereocenters. The number of hydrogen-bond donors (Lipinski definition) is 3. The van der Waals surface area contributed by atoms with Crippen molar-refractivity contribution < 1.29 is 23.9 Å². The zero-order valence-corrected chi connectivity index (χ0v) is 21.1. The smallest absolute Gasteiger partial charge is 0.243 e. The molecule has 9 heteroatoms. The van der Waals surface area contributed by atoms with Gasteiger partial charge < -0.3 is 25.6 Å². The van der Waals surface area contributed by atoms with Crippen LogP contribution in [0.2, 0.25) is 0 Å². The number of benzene rings is 1. The van der Waals surface area contributed by atoms with E-state index >= 15 is 0 Å². The average molecular weight is 487 g/mol. The van der Waals surface area contributed by atoms with E-state index in [9.17, 15) is 19.2 Å². The van der Waals surface area contributed by atoms with Gasteiger partial charge in [-0.05, 0) is 44.7 Å². The largest absolute Gasteiger partial charge is 0.361 e. The van der Waals surface area contributed by atoms with E-state index in [4.69, 9.17) is 4.74 Å². The number of carbonyl (C=O) groups excluding carboxylic acids is 4. The fraction of sp³-hybridized carbons (Fsp3) is 0.615. The van der Waals surface area contributed by atoms with Crippen LogP contribution >= 0.6 is 0 Å². The molecule has 35 heavy (non-hydrogen) atoms. The third-order valence-corrected chi connectivity index (χ3v) is 6.56. The third-order valence-electron chi connectivity index (χ3n) is 6.56. The average Bonchev–Trinajstić information content (AvgIpc) is 3.37. The van der Waals surface area contributed by atoms with Crippen molar-refractivity contribution in [1.82, 2.24) is 20.9 Å². The summed E-state index contributed by atoms with van der Waals surface area (Å²) in [6, 6.07) is 7.20. The number of amides is 3. The normalized spacial score (nSPS) is 23.0. The lowest BCUT2D eigenvalue weighted by atomic mass is 9.93. The maximum absolute atomic E-state index is 13.5. The molecular weight excluding hydrogens is 448 g/mol. The molecule has 2 aliphatic rings. The summed E-state index contributed by atoms with van der Waals surface area (Å²) in [5, 5.41) is 8.60. The molecule has 3 N–H and O–H groups in total. The van der Waals surface area contributed by atoms with Gasteiger partial charge in [0, 0.05) is 13.0 Å². The molecule has 0 saturated carbocycles. The van der Waals surface area contributed by atoms with Gasteiger partial charge in [-0.3, -0.25) is 19.2 Å². The molecule has 3 rings (SSSR count). The number of Topliss-reactive ketones (excluding diaryl/α,β-unsaturated/α-hetero) is 1. The fourth-order valence-corrected chi connectivity index (χ4v) is 4.51. The Labute approximate surface area is 207 Å². The minimum absolute atomic E-state index is 0.144. The van der Waals surface area contributed by atoms with E-state index in [0.717, 1.165) is 12.0 Å². The molecule has 9 nitrogen and oxygen atoms in total. The minimum atomic E-state index is -0.887. The number of ether oxygens (including phenoxy) is 1. The number of carbonyl (C=O) groups is 4. The Balaban J connectivity index is 1.76. The highest BCUT2D eigenvalue weighted by atomic mass is 16.6. The van der Waals surface area contributed by atoms with Crippen molar-refractivity contribution in [3.8, 4) is 0 Å². The number of hydrogen-bond acceptors (Lipinski definition) is 6. The predicted molar refractivity (Wildman–Crippen MR) is 131 cm³/mol. The second-order valence-electron chi connectivity index (χ2n) is 10.1. The maximum atomic E-state index is 13.5. The predicted octanol–water partition coefficient (Wildman–Crippen LogP) is 0.813. The molecule has 2 heterocycles. The lowest BCUT2D eigenvalue weighted by Gasteiger charge is -2.28. The Morgan fingerprint density at radius 1 is 1.11 bits per heavy atom. The summed E-state index contributed by atoms with van der Waals surface area (Å²) in [7, 11) is 1.69. The zero-order valence-electron chi connectivity index (χ0n) is 21.1. The fourth-order valence-electron chi connectivity index (χ4n) is 4.51. The molecule has 2 aliphatic heterocycles. The SMILES string of the molecule is CNCC(=O)N1CCC[C@H]1C(=O)N[C@@H](Cc1ccccc1)C(=O)N[C@@H](CC(C)C)C(=O)[C@@]1(C)CO1. The summed E-state index contributed by atoms with van der Waals surface area (Å²) in [6.45, 7) is 6.72. The van der Waals surface area contributed by atoms with Crippen LogP contribution in [0.1, 0.15) is 45.6 Å². The standard InChI is InChI=1S/C26H38N4O5/c1-17(2)13-19(23(32)26(3)16-35-26)28-24(33)20(14-18-9-6-5-7-10-18)29-25(34)21-11-8-12-30(21)22(31)15-27-4/h5-7,9-10,17,19-21,27H,8,11-16H2,1-4H3,(H,28,33)(H,29,34)/t19-,20-,21-,26+/m0/s1. The molecule has 1 aromatic rings. The third kappa shape index (κ3) is 7.11. The topological polar surface area (TPSA) is 120 Å². The van der Waals surface area contributed by atoms with Gasteiger partial charge in [0.25, 0.3) is 0 Å². The van der Waals surface area contributed by atoms with E-state index in [1.165, 1.54) is 0 Å². The zero-order chi connectivity index (χ0) is 25.6. The van der Waals surface area contributed by atoms with Gasteiger partial charge in [0.15, 0.2) is 5.78 Å². The number of rotatable bonds is 12. The van der Waals surface area contributed by atoms with Crippen molar-refractivity contribution in [3.05, 3.63) is 35.9 Å². The van der Waals surface area contributed by atoms with Crippen molar-refractivity contribution in [2.45, 2.75) is 70.2 Å². The second-order valence-corrected chi connectivity index (χ2v) is 10.1. The van der Waals surface area contributed by atoms with Crippen LogP contribution in [0.4, 0.5) is 0 Å². The molecule has 2 fully saturated rings. The van der Waals surface area contributed by atoms with E-state index in [-0.39, 0.29) is 36.5 Å². The van der Waals surface area contributed by atoms with Crippen LogP contribution in [0.5, 0.6) is 0 Å². The number of likely N-dealkylation sites (tertiary alicyclic amines) is 1. The monoisotopic (exact) mass is 486 g/mol. The molecule has 1 aromatic carbocycles.